The second-order valence-corrected chi connectivity index (χ2v) is 7.67. The maximum Gasteiger partial charge on any atom is 0.338 e. The molecule has 1 aliphatic rings. The lowest BCUT2D eigenvalue weighted by Gasteiger charge is -2.30. The molecule has 1 amide bonds. The Morgan fingerprint density at radius 2 is 2.03 bits per heavy atom. The summed E-state index contributed by atoms with van der Waals surface area (Å²) in [7, 11) is 0. The molecule has 3 N–H and O–H groups in total. The van der Waals surface area contributed by atoms with Crippen LogP contribution in [0.3, 0.4) is 0 Å². The second kappa shape index (κ2) is 11.7. The number of esters is 1. The van der Waals surface area contributed by atoms with Crippen LogP contribution in [0.25, 0.3) is 0 Å². The molecule has 35 heavy (non-hydrogen) atoms. The highest BCUT2D eigenvalue weighted by atomic mass is 32.1. The van der Waals surface area contributed by atoms with Crippen molar-refractivity contribution < 1.29 is 24.0 Å². The van der Waals surface area contributed by atoms with Gasteiger partial charge in [-0.1, -0.05) is 30.3 Å². The Balaban J connectivity index is 1.70. The van der Waals surface area contributed by atoms with Crippen molar-refractivity contribution in [1.82, 2.24) is 16.1 Å². The number of para-hydroxylation sites is 1. The maximum absolute atomic E-state index is 12.6. The minimum atomic E-state index is -0.644. The zero-order valence-corrected chi connectivity index (χ0v) is 19.8. The Bertz CT molecular complexity index is 1210. The maximum atomic E-state index is 12.6. The van der Waals surface area contributed by atoms with Gasteiger partial charge in [0.15, 0.2) is 11.7 Å². The number of carbonyl (C=O) groups is 2. The van der Waals surface area contributed by atoms with Gasteiger partial charge in [-0.3, -0.25) is 14.9 Å². The number of non-ortho nitro benzene ring substituents is 1. The minimum absolute atomic E-state index is 0.0855. The Labute approximate surface area is 206 Å². The molecular weight excluding hydrogens is 474 g/mol. The van der Waals surface area contributed by atoms with Crippen LogP contribution in [0.5, 0.6) is 5.75 Å². The highest BCUT2D eigenvalue weighted by molar-refractivity contribution is 7.80. The van der Waals surface area contributed by atoms with E-state index in [1.54, 1.807) is 44.2 Å². The normalized spacial score (nSPS) is 15.3. The van der Waals surface area contributed by atoms with Crippen LogP contribution in [0.2, 0.25) is 0 Å². The molecule has 0 fully saturated rings. The lowest BCUT2D eigenvalue weighted by molar-refractivity contribution is -0.384. The van der Waals surface area contributed by atoms with E-state index in [4.69, 9.17) is 21.7 Å². The molecule has 0 aromatic heterocycles. The molecule has 0 spiro atoms. The van der Waals surface area contributed by atoms with Crippen LogP contribution in [0.15, 0.2) is 64.9 Å². The van der Waals surface area contributed by atoms with E-state index in [0.29, 0.717) is 33.3 Å². The average Bonchev–Trinajstić information content (AvgIpc) is 2.82. The third kappa shape index (κ3) is 6.60. The molecule has 0 bridgehead atoms. The zero-order chi connectivity index (χ0) is 25.4. The van der Waals surface area contributed by atoms with Gasteiger partial charge in [0.05, 0.1) is 29.4 Å². The van der Waals surface area contributed by atoms with Crippen LogP contribution in [0, 0.1) is 10.1 Å². The van der Waals surface area contributed by atoms with Gasteiger partial charge in [0.25, 0.3) is 11.6 Å². The van der Waals surface area contributed by atoms with Gasteiger partial charge in [-0.05, 0) is 32.1 Å². The van der Waals surface area contributed by atoms with E-state index in [-0.39, 0.29) is 18.9 Å². The number of nitro groups is 1. The van der Waals surface area contributed by atoms with Gasteiger partial charge in [0.2, 0.25) is 0 Å². The fourth-order valence-electron chi connectivity index (χ4n) is 3.33. The third-order valence-electron chi connectivity index (χ3n) is 4.84. The van der Waals surface area contributed by atoms with Gasteiger partial charge >= 0.3 is 5.97 Å². The van der Waals surface area contributed by atoms with Crippen LogP contribution in [-0.4, -0.2) is 41.3 Å². The summed E-state index contributed by atoms with van der Waals surface area (Å²) >= 11 is 5.26. The third-order valence-corrected chi connectivity index (χ3v) is 5.06. The predicted octanol–water partition coefficient (Wildman–Crippen LogP) is 2.48. The molecule has 1 heterocycles. The topological polar surface area (TPSA) is 144 Å². The fraction of sp³-hybridized carbons (Fsp3) is 0.217. The number of nitrogens with zero attached hydrogens (tertiary/aromatic N) is 2. The van der Waals surface area contributed by atoms with Crippen molar-refractivity contribution in [3.05, 3.63) is 81.0 Å². The number of rotatable bonds is 9. The molecule has 0 saturated carbocycles. The van der Waals surface area contributed by atoms with Gasteiger partial charge in [-0.2, -0.15) is 5.10 Å². The van der Waals surface area contributed by atoms with Crippen LogP contribution in [0.4, 0.5) is 5.69 Å². The Kier molecular flexibility index (Phi) is 8.46. The van der Waals surface area contributed by atoms with Gasteiger partial charge in [-0.15, -0.1) is 0 Å². The van der Waals surface area contributed by atoms with Crippen molar-refractivity contribution in [2.45, 2.75) is 19.9 Å². The van der Waals surface area contributed by atoms with E-state index in [1.165, 1.54) is 24.4 Å². The Morgan fingerprint density at radius 3 is 2.77 bits per heavy atom. The van der Waals surface area contributed by atoms with E-state index >= 15 is 0 Å². The van der Waals surface area contributed by atoms with Crippen molar-refractivity contribution in [3.63, 3.8) is 0 Å². The molecule has 0 aliphatic carbocycles. The van der Waals surface area contributed by atoms with E-state index in [1.807, 2.05) is 0 Å². The average molecular weight is 498 g/mol. The number of ether oxygens (including phenoxy) is 2. The van der Waals surface area contributed by atoms with Crippen molar-refractivity contribution in [2.24, 2.45) is 5.10 Å². The molecule has 182 valence electrons. The van der Waals surface area contributed by atoms with E-state index < -0.39 is 22.8 Å². The van der Waals surface area contributed by atoms with Crippen LogP contribution in [0.1, 0.15) is 31.0 Å². The standard InChI is InChI=1S/C23H23N5O6S/c1-3-33-22(30)20-14(2)25-23(35)26-21(20)17-9-4-5-10-18(17)34-13-19(29)27-24-12-15-7-6-8-16(11-15)28(31)32/h4-12,21H,3,13H2,1-2H3,(H,27,29)(H2,25,26,35)/t21-/m0/s1. The minimum Gasteiger partial charge on any atom is -0.483 e. The Hall–Kier alpha value is -4.32. The number of benzene rings is 2. The first-order valence-corrected chi connectivity index (χ1v) is 10.9. The summed E-state index contributed by atoms with van der Waals surface area (Å²) in [6.07, 6.45) is 1.29. The summed E-state index contributed by atoms with van der Waals surface area (Å²) in [5.74, 6) is -0.685. The van der Waals surface area contributed by atoms with Gasteiger partial charge in [0.1, 0.15) is 5.75 Å². The number of amides is 1. The molecule has 0 radical (unpaired) electrons. The smallest absolute Gasteiger partial charge is 0.338 e. The van der Waals surface area contributed by atoms with E-state index in [0.717, 1.165) is 0 Å². The van der Waals surface area contributed by atoms with Crippen LogP contribution >= 0.6 is 12.2 Å². The number of hydrogen-bond acceptors (Lipinski definition) is 8. The van der Waals surface area contributed by atoms with Gasteiger partial charge < -0.3 is 20.1 Å². The SMILES string of the molecule is CCOC(=O)C1=C(C)NC(=S)N[C@H]1c1ccccc1OCC(=O)NN=Cc1cccc([N+](=O)[O-])c1. The van der Waals surface area contributed by atoms with Gasteiger partial charge in [0, 0.05) is 29.0 Å². The first-order valence-electron chi connectivity index (χ1n) is 10.5. The molecule has 2 aromatic carbocycles. The Morgan fingerprint density at radius 1 is 1.26 bits per heavy atom. The number of thiocarbonyl (C=S) groups is 1. The lowest BCUT2D eigenvalue weighted by Crippen LogP contribution is -2.45. The molecule has 0 saturated heterocycles. The summed E-state index contributed by atoms with van der Waals surface area (Å²) in [4.78, 5) is 35.2. The van der Waals surface area contributed by atoms with E-state index in [9.17, 15) is 19.7 Å². The summed E-state index contributed by atoms with van der Waals surface area (Å²) in [6.45, 7) is 3.29. The van der Waals surface area contributed by atoms with Crippen molar-refractivity contribution in [2.75, 3.05) is 13.2 Å². The molecule has 1 aliphatic heterocycles. The van der Waals surface area contributed by atoms with Crippen LogP contribution in [-0.2, 0) is 14.3 Å². The number of allylic oxidation sites excluding steroid dienone is 1. The summed E-state index contributed by atoms with van der Waals surface area (Å²) in [5.41, 5.74) is 4.17. The fourth-order valence-corrected chi connectivity index (χ4v) is 3.60. The summed E-state index contributed by atoms with van der Waals surface area (Å²) in [5, 5.41) is 21.0. The second-order valence-electron chi connectivity index (χ2n) is 7.26. The molecule has 0 unspecified atom stereocenters. The molecule has 12 heteroatoms. The van der Waals surface area contributed by atoms with Crippen molar-refractivity contribution in [1.29, 1.82) is 0 Å². The molecular formula is C23H23N5O6S. The molecule has 3 rings (SSSR count). The predicted molar refractivity (Wildman–Crippen MR) is 132 cm³/mol. The quantitative estimate of drug-likeness (QED) is 0.156. The highest BCUT2D eigenvalue weighted by Gasteiger charge is 2.32. The number of hydrogen-bond donors (Lipinski definition) is 3. The highest BCUT2D eigenvalue weighted by Crippen LogP contribution is 2.33. The van der Waals surface area contributed by atoms with Crippen molar-refractivity contribution >= 4 is 41.1 Å². The number of carbonyl (C=O) groups excluding carboxylic acids is 2. The van der Waals surface area contributed by atoms with Crippen molar-refractivity contribution in [3.8, 4) is 5.75 Å². The summed E-state index contributed by atoms with van der Waals surface area (Å²) in [6, 6.07) is 12.1. The number of nitrogens with one attached hydrogen (secondary N) is 3. The monoisotopic (exact) mass is 497 g/mol. The van der Waals surface area contributed by atoms with Crippen LogP contribution < -0.4 is 20.8 Å². The molecule has 1 atom stereocenters. The molecule has 2 aromatic rings. The number of nitro benzene ring substituents is 1. The lowest BCUT2D eigenvalue weighted by atomic mass is 9.95. The first-order chi connectivity index (χ1) is 16.8. The van der Waals surface area contributed by atoms with Gasteiger partial charge in [-0.25, -0.2) is 10.2 Å². The number of hydrazone groups is 1. The largest absolute Gasteiger partial charge is 0.483 e. The molecule has 11 nitrogen and oxygen atoms in total. The summed E-state index contributed by atoms with van der Waals surface area (Å²) < 4.78 is 10.9. The zero-order valence-electron chi connectivity index (χ0n) is 18.9. The van der Waals surface area contributed by atoms with E-state index in [2.05, 4.69) is 21.2 Å². The first kappa shape index (κ1) is 25.3.